The third-order valence-corrected chi connectivity index (χ3v) is 6.87. The van der Waals surface area contributed by atoms with Crippen LogP contribution >= 0.6 is 0 Å². The highest BCUT2D eigenvalue weighted by Crippen LogP contribution is 2.27. The van der Waals surface area contributed by atoms with Crippen molar-refractivity contribution in [3.63, 3.8) is 0 Å². The van der Waals surface area contributed by atoms with Crippen LogP contribution in [0.3, 0.4) is 0 Å². The normalized spacial score (nSPS) is 20.1. The van der Waals surface area contributed by atoms with E-state index < -0.39 is 10.0 Å². The molecule has 0 aromatic carbocycles. The predicted molar refractivity (Wildman–Crippen MR) is 108 cm³/mol. The smallest absolute Gasteiger partial charge is 0.244 e. The van der Waals surface area contributed by atoms with Gasteiger partial charge in [0.25, 0.3) is 0 Å². The SMILES string of the molecule is COc1cncc(OC2CCC(NS(=O)(=O)c3c(C)nn(C(C)C)c3C)CC2)n1. The molecule has 0 aliphatic heterocycles. The molecule has 1 N–H and O–H groups in total. The summed E-state index contributed by atoms with van der Waals surface area (Å²) in [7, 11) is -2.11. The molecule has 2 heterocycles. The van der Waals surface area contributed by atoms with Crippen molar-refractivity contribution in [2.75, 3.05) is 7.11 Å². The van der Waals surface area contributed by atoms with E-state index in [1.807, 2.05) is 13.8 Å². The van der Waals surface area contributed by atoms with E-state index in [2.05, 4.69) is 19.8 Å². The Kier molecular flexibility index (Phi) is 6.42. The Labute approximate surface area is 171 Å². The lowest BCUT2D eigenvalue weighted by Crippen LogP contribution is -2.40. The second-order valence-corrected chi connectivity index (χ2v) is 9.30. The standard InChI is InChI=1S/C19H29N5O4S/c1-12(2)24-14(4)19(13(3)22-24)29(25,26)23-15-6-8-16(9-7-15)28-18-11-20-10-17(21-18)27-5/h10-12,15-16,23H,6-9H2,1-5H3. The Hall–Kier alpha value is -2.20. The van der Waals surface area contributed by atoms with Crippen LogP contribution < -0.4 is 14.2 Å². The van der Waals surface area contributed by atoms with Crippen molar-refractivity contribution in [2.24, 2.45) is 0 Å². The van der Waals surface area contributed by atoms with Crippen molar-refractivity contribution < 1.29 is 17.9 Å². The largest absolute Gasteiger partial charge is 0.480 e. The molecule has 2 aromatic rings. The van der Waals surface area contributed by atoms with Gasteiger partial charge < -0.3 is 9.47 Å². The van der Waals surface area contributed by atoms with Crippen LogP contribution in [-0.4, -0.2) is 47.4 Å². The quantitative estimate of drug-likeness (QED) is 0.729. The van der Waals surface area contributed by atoms with Gasteiger partial charge in [-0.3, -0.25) is 9.67 Å². The first-order valence-corrected chi connectivity index (χ1v) is 11.3. The number of nitrogens with one attached hydrogen (secondary N) is 1. The number of ether oxygens (including phenoxy) is 2. The third kappa shape index (κ3) is 4.87. The molecule has 1 aliphatic rings. The molecule has 0 radical (unpaired) electrons. The second-order valence-electron chi connectivity index (χ2n) is 7.65. The van der Waals surface area contributed by atoms with Crippen molar-refractivity contribution in [1.29, 1.82) is 0 Å². The monoisotopic (exact) mass is 423 g/mol. The molecule has 0 saturated heterocycles. The molecule has 0 unspecified atom stereocenters. The van der Waals surface area contributed by atoms with Crippen molar-refractivity contribution in [3.8, 4) is 11.8 Å². The summed E-state index contributed by atoms with van der Waals surface area (Å²) in [4.78, 5) is 8.54. The summed E-state index contributed by atoms with van der Waals surface area (Å²) in [6, 6.07) is -0.0256. The Morgan fingerprint density at radius 3 is 2.38 bits per heavy atom. The maximum absolute atomic E-state index is 13.0. The van der Waals surface area contributed by atoms with E-state index >= 15 is 0 Å². The summed E-state index contributed by atoms with van der Waals surface area (Å²) in [5.74, 6) is 0.817. The van der Waals surface area contributed by atoms with Crippen LogP contribution in [0, 0.1) is 13.8 Å². The lowest BCUT2D eigenvalue weighted by atomic mass is 9.94. The topological polar surface area (TPSA) is 108 Å². The lowest BCUT2D eigenvalue weighted by Gasteiger charge is -2.29. The van der Waals surface area contributed by atoms with Crippen LogP contribution in [0.5, 0.6) is 11.8 Å². The van der Waals surface area contributed by atoms with E-state index in [1.165, 1.54) is 13.3 Å². The Bertz CT molecular complexity index is 950. The van der Waals surface area contributed by atoms with Crippen molar-refractivity contribution in [3.05, 3.63) is 23.8 Å². The van der Waals surface area contributed by atoms with Gasteiger partial charge in [-0.15, -0.1) is 0 Å². The molecule has 2 aromatic heterocycles. The van der Waals surface area contributed by atoms with E-state index in [9.17, 15) is 8.42 Å². The Morgan fingerprint density at radius 1 is 1.14 bits per heavy atom. The summed E-state index contributed by atoms with van der Waals surface area (Å²) >= 11 is 0. The molecule has 3 rings (SSSR count). The number of methoxy groups -OCH3 is 1. The number of aryl methyl sites for hydroxylation is 1. The number of nitrogens with zero attached hydrogens (tertiary/aromatic N) is 4. The molecule has 0 amide bonds. The number of sulfonamides is 1. The first-order chi connectivity index (χ1) is 13.7. The number of aromatic nitrogens is 4. The molecule has 29 heavy (non-hydrogen) atoms. The zero-order chi connectivity index (χ0) is 21.2. The first kappa shape index (κ1) is 21.5. The Balaban J connectivity index is 1.61. The highest BCUT2D eigenvalue weighted by Gasteiger charge is 2.30. The number of rotatable bonds is 7. The average molecular weight is 424 g/mol. The van der Waals surface area contributed by atoms with Crippen molar-refractivity contribution in [1.82, 2.24) is 24.5 Å². The van der Waals surface area contributed by atoms with Crippen LogP contribution in [0.15, 0.2) is 17.3 Å². The van der Waals surface area contributed by atoms with Crippen LogP contribution in [-0.2, 0) is 10.0 Å². The van der Waals surface area contributed by atoms with E-state index in [0.29, 0.717) is 36.0 Å². The van der Waals surface area contributed by atoms with Gasteiger partial charge in [0.1, 0.15) is 11.0 Å². The van der Waals surface area contributed by atoms with Crippen LogP contribution in [0.25, 0.3) is 0 Å². The van der Waals surface area contributed by atoms with Gasteiger partial charge in [0.15, 0.2) is 0 Å². The fourth-order valence-corrected chi connectivity index (χ4v) is 5.48. The summed E-state index contributed by atoms with van der Waals surface area (Å²) in [5, 5.41) is 4.40. The highest BCUT2D eigenvalue weighted by atomic mass is 32.2. The zero-order valence-corrected chi connectivity index (χ0v) is 18.4. The van der Waals surface area contributed by atoms with Gasteiger partial charge in [0.05, 0.1) is 30.9 Å². The minimum absolute atomic E-state index is 0.0238. The van der Waals surface area contributed by atoms with Gasteiger partial charge >= 0.3 is 0 Å². The number of hydrogen-bond donors (Lipinski definition) is 1. The second kappa shape index (κ2) is 8.66. The van der Waals surface area contributed by atoms with Gasteiger partial charge in [-0.1, -0.05) is 0 Å². The fourth-order valence-electron chi connectivity index (χ4n) is 3.77. The van der Waals surface area contributed by atoms with E-state index in [-0.39, 0.29) is 23.1 Å². The molecular formula is C19H29N5O4S. The third-order valence-electron chi connectivity index (χ3n) is 5.10. The molecule has 10 heteroatoms. The van der Waals surface area contributed by atoms with Gasteiger partial charge in [0, 0.05) is 12.1 Å². The van der Waals surface area contributed by atoms with Crippen molar-refractivity contribution >= 4 is 10.0 Å². The van der Waals surface area contributed by atoms with Gasteiger partial charge in [-0.25, -0.2) is 13.1 Å². The molecular weight excluding hydrogens is 394 g/mol. The molecule has 0 bridgehead atoms. The van der Waals surface area contributed by atoms with Crippen molar-refractivity contribution in [2.45, 2.75) is 76.5 Å². The van der Waals surface area contributed by atoms with E-state index in [0.717, 1.165) is 12.8 Å². The summed E-state index contributed by atoms with van der Waals surface area (Å²) in [5.41, 5.74) is 1.19. The minimum Gasteiger partial charge on any atom is -0.480 e. The van der Waals surface area contributed by atoms with Crippen LogP contribution in [0.4, 0.5) is 0 Å². The number of hydrogen-bond acceptors (Lipinski definition) is 7. The van der Waals surface area contributed by atoms with Gasteiger partial charge in [0.2, 0.25) is 21.8 Å². The molecule has 1 aliphatic carbocycles. The summed E-state index contributed by atoms with van der Waals surface area (Å²) < 4.78 is 41.5. The van der Waals surface area contributed by atoms with Gasteiger partial charge in [-0.05, 0) is 53.4 Å². The molecule has 9 nitrogen and oxygen atoms in total. The van der Waals surface area contributed by atoms with Crippen LogP contribution in [0.2, 0.25) is 0 Å². The van der Waals surface area contributed by atoms with E-state index in [4.69, 9.17) is 9.47 Å². The Morgan fingerprint density at radius 2 is 1.79 bits per heavy atom. The van der Waals surface area contributed by atoms with E-state index in [1.54, 1.807) is 24.7 Å². The zero-order valence-electron chi connectivity index (χ0n) is 17.5. The first-order valence-electron chi connectivity index (χ1n) is 9.82. The average Bonchev–Trinajstić information content (AvgIpc) is 2.98. The highest BCUT2D eigenvalue weighted by molar-refractivity contribution is 7.89. The fraction of sp³-hybridized carbons (Fsp3) is 0.632. The summed E-state index contributed by atoms with van der Waals surface area (Å²) in [6.45, 7) is 7.50. The lowest BCUT2D eigenvalue weighted by molar-refractivity contribution is 0.136. The van der Waals surface area contributed by atoms with Crippen LogP contribution in [0.1, 0.15) is 57.0 Å². The molecule has 0 atom stereocenters. The molecule has 1 saturated carbocycles. The minimum atomic E-state index is -3.63. The summed E-state index contributed by atoms with van der Waals surface area (Å²) in [6.07, 6.45) is 5.89. The molecule has 160 valence electrons. The maximum Gasteiger partial charge on any atom is 0.244 e. The molecule has 0 spiro atoms. The van der Waals surface area contributed by atoms with Gasteiger partial charge in [-0.2, -0.15) is 10.1 Å². The predicted octanol–water partition coefficient (Wildman–Crippen LogP) is 2.55. The maximum atomic E-state index is 13.0. The molecule has 1 fully saturated rings.